The van der Waals surface area contributed by atoms with Gasteiger partial charge in [-0.1, -0.05) is 32.9 Å². The first-order chi connectivity index (χ1) is 7.56. The number of para-hydroxylation sites is 1. The molecule has 0 saturated heterocycles. The van der Waals surface area contributed by atoms with E-state index < -0.39 is 0 Å². The summed E-state index contributed by atoms with van der Waals surface area (Å²) in [6.45, 7) is 6.72. The van der Waals surface area contributed by atoms with Gasteiger partial charge in [-0.2, -0.15) is 0 Å². The fourth-order valence-electron chi connectivity index (χ4n) is 1.92. The van der Waals surface area contributed by atoms with Crippen LogP contribution < -0.4 is 4.74 Å². The molecule has 0 aromatic heterocycles. The van der Waals surface area contributed by atoms with Crippen molar-refractivity contribution in [2.45, 2.75) is 33.6 Å². The van der Waals surface area contributed by atoms with Crippen LogP contribution in [0.15, 0.2) is 18.2 Å². The second kappa shape index (κ2) is 3.93. The van der Waals surface area contributed by atoms with Gasteiger partial charge in [-0.15, -0.1) is 0 Å². The molecule has 0 saturated carbocycles. The molecular formula is C14H18O2. The third kappa shape index (κ3) is 1.73. The number of ether oxygens (including phenoxy) is 1. The van der Waals surface area contributed by atoms with E-state index in [-0.39, 0.29) is 11.2 Å². The van der Waals surface area contributed by atoms with Crippen molar-refractivity contribution in [2.24, 2.45) is 5.41 Å². The summed E-state index contributed by atoms with van der Waals surface area (Å²) < 4.78 is 5.57. The average molecular weight is 218 g/mol. The summed E-state index contributed by atoms with van der Waals surface area (Å²) in [5.74, 6) is 1.00. The Hall–Kier alpha value is -1.31. The molecule has 0 spiro atoms. The first kappa shape index (κ1) is 11.2. The second-order valence-electron chi connectivity index (χ2n) is 4.96. The molecule has 0 aliphatic carbocycles. The molecule has 1 aliphatic heterocycles. The molecule has 0 unspecified atom stereocenters. The monoisotopic (exact) mass is 218 g/mol. The minimum atomic E-state index is -0.304. The zero-order valence-corrected chi connectivity index (χ0v) is 10.2. The number of ketones is 1. The van der Waals surface area contributed by atoms with E-state index in [1.165, 1.54) is 0 Å². The Kier molecular flexibility index (Phi) is 2.75. The molecule has 0 amide bonds. The predicted octanol–water partition coefficient (Wildman–Crippen LogP) is 3.24. The van der Waals surface area contributed by atoms with Gasteiger partial charge in [-0.25, -0.2) is 0 Å². The number of hydrogen-bond acceptors (Lipinski definition) is 2. The lowest BCUT2D eigenvalue weighted by molar-refractivity contribution is 0.0829. The quantitative estimate of drug-likeness (QED) is 0.728. The van der Waals surface area contributed by atoms with Crippen LogP contribution in [0.3, 0.4) is 0 Å². The third-order valence-electron chi connectivity index (χ3n) is 3.46. The van der Waals surface area contributed by atoms with Crippen LogP contribution in [0.5, 0.6) is 5.75 Å². The minimum Gasteiger partial charge on any atom is -0.492 e. The van der Waals surface area contributed by atoms with Crippen molar-refractivity contribution in [2.75, 3.05) is 6.61 Å². The first-order valence-electron chi connectivity index (χ1n) is 5.86. The molecular weight excluding hydrogens is 200 g/mol. The van der Waals surface area contributed by atoms with Crippen LogP contribution >= 0.6 is 0 Å². The SMILES string of the molecule is CCC(C)(C)C(=O)c1cccc2c1OCC2. The molecule has 0 N–H and O–H groups in total. The van der Waals surface area contributed by atoms with Crippen LogP contribution in [0.4, 0.5) is 0 Å². The highest BCUT2D eigenvalue weighted by molar-refractivity contribution is 6.02. The van der Waals surface area contributed by atoms with E-state index in [2.05, 4.69) is 0 Å². The lowest BCUT2D eigenvalue weighted by Crippen LogP contribution is -2.23. The third-order valence-corrected chi connectivity index (χ3v) is 3.46. The normalized spacial score (nSPS) is 14.4. The maximum absolute atomic E-state index is 12.4. The van der Waals surface area contributed by atoms with Crippen LogP contribution in [0.1, 0.15) is 43.1 Å². The Balaban J connectivity index is 2.42. The summed E-state index contributed by atoms with van der Waals surface area (Å²) in [4.78, 5) is 12.4. The van der Waals surface area contributed by atoms with Gasteiger partial charge < -0.3 is 4.74 Å². The van der Waals surface area contributed by atoms with Crippen molar-refractivity contribution in [1.29, 1.82) is 0 Å². The number of hydrogen-bond donors (Lipinski definition) is 0. The van der Waals surface area contributed by atoms with Crippen LogP contribution in [-0.2, 0) is 6.42 Å². The molecule has 0 fully saturated rings. The summed E-state index contributed by atoms with van der Waals surface area (Å²) in [5.41, 5.74) is 1.61. The molecule has 16 heavy (non-hydrogen) atoms. The summed E-state index contributed by atoms with van der Waals surface area (Å²) in [6, 6.07) is 5.87. The lowest BCUT2D eigenvalue weighted by atomic mass is 9.81. The van der Waals surface area contributed by atoms with E-state index in [1.54, 1.807) is 0 Å². The molecule has 0 atom stereocenters. The highest BCUT2D eigenvalue weighted by Gasteiger charge is 2.30. The second-order valence-corrected chi connectivity index (χ2v) is 4.96. The number of fused-ring (bicyclic) bond motifs is 1. The van der Waals surface area contributed by atoms with Gasteiger partial charge in [-0.05, 0) is 18.1 Å². The van der Waals surface area contributed by atoms with Crippen molar-refractivity contribution in [1.82, 2.24) is 0 Å². The molecule has 0 bridgehead atoms. The van der Waals surface area contributed by atoms with Gasteiger partial charge >= 0.3 is 0 Å². The summed E-state index contributed by atoms with van der Waals surface area (Å²) >= 11 is 0. The molecule has 1 aliphatic rings. The van der Waals surface area contributed by atoms with E-state index in [0.29, 0.717) is 6.61 Å². The fourth-order valence-corrected chi connectivity index (χ4v) is 1.92. The van der Waals surface area contributed by atoms with Gasteiger partial charge in [0, 0.05) is 11.8 Å². The largest absolute Gasteiger partial charge is 0.492 e. The summed E-state index contributed by atoms with van der Waals surface area (Å²) in [5, 5.41) is 0. The Morgan fingerprint density at radius 2 is 2.19 bits per heavy atom. The molecule has 2 rings (SSSR count). The smallest absolute Gasteiger partial charge is 0.172 e. The van der Waals surface area contributed by atoms with Gasteiger partial charge in [0.25, 0.3) is 0 Å². The average Bonchev–Trinajstić information content (AvgIpc) is 2.75. The van der Waals surface area contributed by atoms with Crippen molar-refractivity contribution in [3.8, 4) is 5.75 Å². The van der Waals surface area contributed by atoms with E-state index in [9.17, 15) is 4.79 Å². The van der Waals surface area contributed by atoms with Crippen molar-refractivity contribution in [3.05, 3.63) is 29.3 Å². The van der Waals surface area contributed by atoms with Crippen molar-refractivity contribution in [3.63, 3.8) is 0 Å². The van der Waals surface area contributed by atoms with E-state index in [4.69, 9.17) is 4.74 Å². The number of rotatable bonds is 3. The predicted molar refractivity (Wildman–Crippen MR) is 64.0 cm³/mol. The molecule has 1 heterocycles. The van der Waals surface area contributed by atoms with Gasteiger partial charge in [0.2, 0.25) is 0 Å². The van der Waals surface area contributed by atoms with E-state index in [1.807, 2.05) is 39.0 Å². The van der Waals surface area contributed by atoms with Crippen LogP contribution in [-0.4, -0.2) is 12.4 Å². The summed E-state index contributed by atoms with van der Waals surface area (Å²) in [6.07, 6.45) is 1.76. The fraction of sp³-hybridized carbons (Fsp3) is 0.500. The van der Waals surface area contributed by atoms with Gasteiger partial charge in [-0.3, -0.25) is 4.79 Å². The standard InChI is InChI=1S/C14H18O2/c1-4-14(2,3)13(15)11-7-5-6-10-8-9-16-12(10)11/h5-7H,4,8-9H2,1-3H3. The molecule has 2 heteroatoms. The number of Topliss-reactive ketones (excluding diaryl/α,β-unsaturated/α-hetero) is 1. The Morgan fingerprint density at radius 1 is 1.44 bits per heavy atom. The van der Waals surface area contributed by atoms with E-state index >= 15 is 0 Å². The number of carbonyl (C=O) groups excluding carboxylic acids is 1. The van der Waals surface area contributed by atoms with E-state index in [0.717, 1.165) is 29.7 Å². The van der Waals surface area contributed by atoms with Gasteiger partial charge in [0.05, 0.1) is 12.2 Å². The number of benzene rings is 1. The Morgan fingerprint density at radius 3 is 2.88 bits per heavy atom. The Bertz CT molecular complexity index is 419. The molecule has 1 aromatic carbocycles. The highest BCUT2D eigenvalue weighted by Crippen LogP contribution is 2.35. The molecule has 86 valence electrons. The maximum atomic E-state index is 12.4. The lowest BCUT2D eigenvalue weighted by Gasteiger charge is -2.21. The zero-order valence-electron chi connectivity index (χ0n) is 10.2. The highest BCUT2D eigenvalue weighted by atomic mass is 16.5. The molecule has 2 nitrogen and oxygen atoms in total. The molecule has 0 radical (unpaired) electrons. The number of carbonyl (C=O) groups is 1. The molecule has 1 aromatic rings. The van der Waals surface area contributed by atoms with Gasteiger partial charge in [0.15, 0.2) is 5.78 Å². The first-order valence-corrected chi connectivity index (χ1v) is 5.86. The topological polar surface area (TPSA) is 26.3 Å². The maximum Gasteiger partial charge on any atom is 0.172 e. The van der Waals surface area contributed by atoms with Gasteiger partial charge in [0.1, 0.15) is 5.75 Å². The van der Waals surface area contributed by atoms with Crippen LogP contribution in [0, 0.1) is 5.41 Å². The van der Waals surface area contributed by atoms with Crippen LogP contribution in [0.2, 0.25) is 0 Å². The Labute approximate surface area is 96.6 Å². The zero-order chi connectivity index (χ0) is 11.8. The summed E-state index contributed by atoms with van der Waals surface area (Å²) in [7, 11) is 0. The van der Waals surface area contributed by atoms with Crippen molar-refractivity contribution >= 4 is 5.78 Å². The van der Waals surface area contributed by atoms with Crippen LogP contribution in [0.25, 0.3) is 0 Å². The minimum absolute atomic E-state index is 0.189. The van der Waals surface area contributed by atoms with Crippen molar-refractivity contribution < 1.29 is 9.53 Å².